The summed E-state index contributed by atoms with van der Waals surface area (Å²) in [6.45, 7) is 5.92. The third kappa shape index (κ3) is 12.1. The lowest BCUT2D eigenvalue weighted by Gasteiger charge is -2.18. The van der Waals surface area contributed by atoms with Gasteiger partial charge in [-0.3, -0.25) is 0 Å². The Bertz CT molecular complexity index is 1050. The van der Waals surface area contributed by atoms with Gasteiger partial charge in [-0.05, 0) is 54.5 Å². The molecule has 1 atom stereocenters. The van der Waals surface area contributed by atoms with Crippen LogP contribution in [-0.4, -0.2) is 13.2 Å². The molecule has 0 saturated carbocycles. The summed E-state index contributed by atoms with van der Waals surface area (Å²) in [6, 6.07) is 2.43. The van der Waals surface area contributed by atoms with Crippen molar-refractivity contribution < 1.29 is 9.47 Å². The van der Waals surface area contributed by atoms with E-state index >= 15 is 0 Å². The van der Waals surface area contributed by atoms with Crippen LogP contribution in [0.15, 0.2) is 22.4 Å². The number of thioether (sulfide) groups is 1. The molecule has 43 heavy (non-hydrogen) atoms. The van der Waals surface area contributed by atoms with Crippen molar-refractivity contribution in [3.05, 3.63) is 32.9 Å². The zero-order chi connectivity index (χ0) is 30.0. The highest BCUT2D eigenvalue weighted by Crippen LogP contribution is 2.57. The van der Waals surface area contributed by atoms with Gasteiger partial charge in [0, 0.05) is 4.88 Å². The molecule has 2 aliphatic heterocycles. The van der Waals surface area contributed by atoms with Crippen LogP contribution in [-0.2, 0) is 6.42 Å². The molecule has 0 aliphatic carbocycles. The largest absolute Gasteiger partial charge is 0.485 e. The predicted molar refractivity (Wildman–Crippen MR) is 194 cm³/mol. The normalized spacial score (nSPS) is 16.2. The lowest BCUT2D eigenvalue weighted by molar-refractivity contribution is 0.173. The molecular formula is C38H60O2S3. The summed E-state index contributed by atoms with van der Waals surface area (Å²) in [5.74, 6) is 2.06. The Morgan fingerprint density at radius 2 is 1.19 bits per heavy atom. The van der Waals surface area contributed by atoms with E-state index in [0.717, 1.165) is 11.5 Å². The second-order valence-corrected chi connectivity index (χ2v) is 16.0. The number of thiophene rings is 2. The molecule has 4 heterocycles. The van der Waals surface area contributed by atoms with Crippen molar-refractivity contribution in [2.45, 2.75) is 167 Å². The van der Waals surface area contributed by atoms with Gasteiger partial charge < -0.3 is 9.47 Å². The van der Waals surface area contributed by atoms with Crippen LogP contribution in [0.2, 0.25) is 0 Å². The van der Waals surface area contributed by atoms with E-state index in [2.05, 4.69) is 30.7 Å². The summed E-state index contributed by atoms with van der Waals surface area (Å²) in [6.07, 6.45) is 31.7. The average Bonchev–Trinajstić information content (AvgIpc) is 3.78. The highest BCUT2D eigenvalue weighted by Gasteiger charge is 2.32. The maximum atomic E-state index is 6.27. The van der Waals surface area contributed by atoms with Gasteiger partial charge in [0.2, 0.25) is 0 Å². The first-order chi connectivity index (χ1) is 21.3. The monoisotopic (exact) mass is 644 g/mol. The molecule has 0 N–H and O–H groups in total. The number of hydrogen-bond donors (Lipinski definition) is 0. The van der Waals surface area contributed by atoms with E-state index in [4.69, 9.17) is 9.47 Å². The van der Waals surface area contributed by atoms with Gasteiger partial charge in [-0.2, -0.15) is 0 Å². The maximum Gasteiger partial charge on any atom is 0.181 e. The number of fused-ring (bicyclic) bond motifs is 1. The van der Waals surface area contributed by atoms with Gasteiger partial charge in [-0.15, -0.1) is 34.4 Å². The van der Waals surface area contributed by atoms with E-state index in [9.17, 15) is 0 Å². The average molecular weight is 645 g/mol. The van der Waals surface area contributed by atoms with Crippen LogP contribution in [0.1, 0.15) is 171 Å². The molecule has 0 spiro atoms. The van der Waals surface area contributed by atoms with Crippen molar-refractivity contribution in [3.63, 3.8) is 0 Å². The number of allylic oxidation sites excluding steroid dienone is 1. The zero-order valence-electron chi connectivity index (χ0n) is 27.5. The zero-order valence-corrected chi connectivity index (χ0v) is 30.0. The minimum absolute atomic E-state index is 0.485. The quantitative estimate of drug-likeness (QED) is 0.106. The SMILES string of the molecule is CCCCCCCCCCCCC1=CSC(c2sc(-c3cc(CCCCCCCCCCCC)cs3)c3c2OCCO3)C1. The number of rotatable bonds is 24. The molecule has 0 aromatic carbocycles. The third-order valence-electron chi connectivity index (χ3n) is 9.11. The summed E-state index contributed by atoms with van der Waals surface area (Å²) < 4.78 is 12.5. The van der Waals surface area contributed by atoms with Gasteiger partial charge in [0.25, 0.3) is 0 Å². The fraction of sp³-hybridized carbons (Fsp3) is 0.737. The summed E-state index contributed by atoms with van der Waals surface area (Å²) >= 11 is 5.84. The maximum absolute atomic E-state index is 6.27. The van der Waals surface area contributed by atoms with Gasteiger partial charge in [0.05, 0.1) is 15.0 Å². The van der Waals surface area contributed by atoms with Crippen molar-refractivity contribution in [1.29, 1.82) is 0 Å². The molecular weight excluding hydrogens is 585 g/mol. The lowest BCUT2D eigenvalue weighted by Crippen LogP contribution is -2.15. The van der Waals surface area contributed by atoms with Crippen LogP contribution in [0.3, 0.4) is 0 Å². The van der Waals surface area contributed by atoms with Gasteiger partial charge >= 0.3 is 0 Å². The predicted octanol–water partition coefficient (Wildman–Crippen LogP) is 14.1. The molecule has 4 rings (SSSR count). The van der Waals surface area contributed by atoms with Crippen LogP contribution in [0, 0.1) is 0 Å². The van der Waals surface area contributed by atoms with Crippen molar-refractivity contribution in [2.75, 3.05) is 13.2 Å². The summed E-state index contributed by atoms with van der Waals surface area (Å²) in [5.41, 5.74) is 3.14. The summed E-state index contributed by atoms with van der Waals surface area (Å²) in [5, 5.41) is 5.33. The van der Waals surface area contributed by atoms with Crippen molar-refractivity contribution in [1.82, 2.24) is 0 Å². The van der Waals surface area contributed by atoms with Crippen molar-refractivity contribution >= 4 is 34.4 Å². The van der Waals surface area contributed by atoms with E-state index in [1.807, 2.05) is 34.4 Å². The fourth-order valence-corrected chi connectivity index (χ4v) is 10.1. The second kappa shape index (κ2) is 21.0. The third-order valence-corrected chi connectivity index (χ3v) is 12.9. The Hall–Kier alpha value is -0.910. The Morgan fingerprint density at radius 3 is 1.79 bits per heavy atom. The number of aryl methyl sites for hydroxylation is 1. The van der Waals surface area contributed by atoms with Crippen LogP contribution in [0.4, 0.5) is 0 Å². The smallest absolute Gasteiger partial charge is 0.181 e. The van der Waals surface area contributed by atoms with E-state index in [1.54, 1.807) is 5.57 Å². The Kier molecular flexibility index (Phi) is 17.1. The van der Waals surface area contributed by atoms with Gasteiger partial charge in [0.1, 0.15) is 13.2 Å². The second-order valence-electron chi connectivity index (χ2n) is 12.9. The van der Waals surface area contributed by atoms with Crippen molar-refractivity contribution in [3.8, 4) is 21.3 Å². The first-order valence-electron chi connectivity index (χ1n) is 18.1. The molecule has 0 bridgehead atoms. The fourth-order valence-electron chi connectivity index (χ4n) is 6.46. The number of unbranched alkanes of at least 4 members (excludes halogenated alkanes) is 18. The molecule has 0 radical (unpaired) electrons. The Labute approximate surface area is 276 Å². The molecule has 1 unspecified atom stereocenters. The first-order valence-corrected chi connectivity index (χ1v) is 20.8. The van der Waals surface area contributed by atoms with E-state index in [0.29, 0.717) is 18.5 Å². The van der Waals surface area contributed by atoms with Crippen LogP contribution < -0.4 is 9.47 Å². The van der Waals surface area contributed by atoms with Crippen LogP contribution in [0.5, 0.6) is 11.5 Å². The molecule has 0 fully saturated rings. The van der Waals surface area contributed by atoms with Gasteiger partial charge in [0.15, 0.2) is 11.5 Å². The van der Waals surface area contributed by atoms with Crippen LogP contribution in [0.25, 0.3) is 9.75 Å². The molecule has 0 amide bonds. The van der Waals surface area contributed by atoms with E-state index in [-0.39, 0.29) is 0 Å². The van der Waals surface area contributed by atoms with Crippen molar-refractivity contribution in [2.24, 2.45) is 0 Å². The van der Waals surface area contributed by atoms with Gasteiger partial charge in [-0.25, -0.2) is 0 Å². The molecule has 242 valence electrons. The molecule has 2 aromatic rings. The molecule has 0 saturated heterocycles. The number of hydrogen-bond acceptors (Lipinski definition) is 5. The Morgan fingerprint density at radius 1 is 0.651 bits per heavy atom. The Balaban J connectivity index is 1.17. The summed E-state index contributed by atoms with van der Waals surface area (Å²) in [4.78, 5) is 4.06. The van der Waals surface area contributed by atoms with E-state index in [1.165, 1.54) is 168 Å². The van der Waals surface area contributed by atoms with E-state index < -0.39 is 0 Å². The van der Waals surface area contributed by atoms with Crippen LogP contribution >= 0.6 is 34.4 Å². The lowest BCUT2D eigenvalue weighted by atomic mass is 10.0. The highest BCUT2D eigenvalue weighted by molar-refractivity contribution is 8.02. The minimum atomic E-state index is 0.485. The molecule has 2 aromatic heterocycles. The molecule has 5 heteroatoms. The first kappa shape index (κ1) is 35.0. The topological polar surface area (TPSA) is 18.5 Å². The molecule has 2 aliphatic rings. The highest BCUT2D eigenvalue weighted by atomic mass is 32.2. The number of ether oxygens (including phenoxy) is 2. The summed E-state index contributed by atoms with van der Waals surface area (Å²) in [7, 11) is 0. The van der Waals surface area contributed by atoms with Gasteiger partial charge in [-0.1, -0.05) is 135 Å². The standard InChI is InChI=1S/C38H60O2S3/c1-3-5-7-9-11-13-15-17-19-21-23-31-27-33(41-29-31)37-35-36(40-26-25-39-35)38(43-37)34-28-32(30-42-34)24-22-20-18-16-14-12-10-8-6-4-2/h27,29-30,34H,3-26,28H2,1-2H3. The molecule has 2 nitrogen and oxygen atoms in total. The minimum Gasteiger partial charge on any atom is -0.485 e.